The molecule has 4 heterocycles. The van der Waals surface area contributed by atoms with Crippen molar-refractivity contribution < 1.29 is 9.59 Å². The quantitative estimate of drug-likeness (QED) is 0.645. The number of aryl methyl sites for hydroxylation is 1. The first kappa shape index (κ1) is 22.2. The fraction of sp³-hybridized carbons (Fsp3) is 0.500. The van der Waals surface area contributed by atoms with E-state index >= 15 is 0 Å². The maximum absolute atomic E-state index is 12.8. The van der Waals surface area contributed by atoms with E-state index in [-0.39, 0.29) is 35.3 Å². The molecule has 2 aliphatic rings. The fourth-order valence-corrected chi connectivity index (χ4v) is 5.08. The summed E-state index contributed by atoms with van der Waals surface area (Å²) in [5.41, 5.74) is 1.86. The summed E-state index contributed by atoms with van der Waals surface area (Å²) < 4.78 is 1.88. The van der Waals surface area contributed by atoms with E-state index in [0.717, 1.165) is 30.9 Å². The highest BCUT2D eigenvalue weighted by atomic mass is 16.2. The predicted octanol–water partition coefficient (Wildman–Crippen LogP) is 1.09. The lowest BCUT2D eigenvalue weighted by atomic mass is 9.78. The molecule has 1 saturated heterocycles. The maximum Gasteiger partial charge on any atom is 0.251 e. The van der Waals surface area contributed by atoms with E-state index in [1.165, 1.54) is 0 Å². The first-order valence-corrected chi connectivity index (χ1v) is 11.4. The van der Waals surface area contributed by atoms with E-state index in [1.807, 2.05) is 35.8 Å². The van der Waals surface area contributed by atoms with Crippen molar-refractivity contribution in [3.05, 3.63) is 64.3 Å². The molecule has 0 radical (unpaired) electrons. The SMILES string of the molecule is CCNC(=O)CN1C[C@H]2C[C@@H](C1)[C@H](CNC(=O)CCc1ccccn1)n1c2cccc1=O. The standard InChI is InChI=1S/C24H31N5O3/c1-2-25-23(31)16-28-14-17-12-18(15-28)21(29-20(17)7-5-8-24(29)32)13-27-22(30)10-9-19-6-3-4-11-26-19/h3-8,11,17-18,21H,2,9-10,12-16H2,1H3,(H,25,31)(H,27,30)/t17-,18+,21+/m1/s1. The van der Waals surface area contributed by atoms with Crippen molar-refractivity contribution >= 4 is 11.8 Å². The molecule has 2 N–H and O–H groups in total. The van der Waals surface area contributed by atoms with Crippen molar-refractivity contribution in [2.45, 2.75) is 38.1 Å². The van der Waals surface area contributed by atoms with E-state index in [4.69, 9.17) is 0 Å². The molecule has 0 aliphatic carbocycles. The average Bonchev–Trinajstić information content (AvgIpc) is 2.79. The Kier molecular flexibility index (Phi) is 6.99. The number of nitrogens with one attached hydrogen (secondary N) is 2. The number of hydrogen-bond donors (Lipinski definition) is 2. The van der Waals surface area contributed by atoms with Gasteiger partial charge in [0, 0.05) is 62.2 Å². The maximum atomic E-state index is 12.8. The van der Waals surface area contributed by atoms with Gasteiger partial charge in [0.1, 0.15) is 0 Å². The summed E-state index contributed by atoms with van der Waals surface area (Å²) in [4.78, 5) is 43.9. The number of fused-ring (bicyclic) bond motifs is 4. The Hall–Kier alpha value is -3.00. The van der Waals surface area contributed by atoms with Gasteiger partial charge in [0.2, 0.25) is 11.8 Å². The van der Waals surface area contributed by atoms with E-state index in [1.54, 1.807) is 18.3 Å². The van der Waals surface area contributed by atoms with Crippen LogP contribution < -0.4 is 16.2 Å². The number of aromatic nitrogens is 2. The Morgan fingerprint density at radius 2 is 1.97 bits per heavy atom. The summed E-state index contributed by atoms with van der Waals surface area (Å²) in [7, 11) is 0. The summed E-state index contributed by atoms with van der Waals surface area (Å²) in [5, 5.41) is 5.91. The third-order valence-electron chi connectivity index (χ3n) is 6.46. The monoisotopic (exact) mass is 437 g/mol. The third-order valence-corrected chi connectivity index (χ3v) is 6.46. The van der Waals surface area contributed by atoms with Gasteiger partial charge in [0.05, 0.1) is 12.6 Å². The van der Waals surface area contributed by atoms with Crippen molar-refractivity contribution in [3.8, 4) is 0 Å². The number of carbonyl (C=O) groups excluding carboxylic acids is 2. The molecule has 2 aromatic heterocycles. The van der Waals surface area contributed by atoms with Crippen molar-refractivity contribution in [1.29, 1.82) is 0 Å². The normalized spacial score (nSPS) is 22.1. The number of hydrogen-bond acceptors (Lipinski definition) is 5. The molecule has 8 nitrogen and oxygen atoms in total. The second kappa shape index (κ2) is 10.1. The van der Waals surface area contributed by atoms with Crippen LogP contribution in [0.2, 0.25) is 0 Å². The molecular formula is C24H31N5O3. The summed E-state index contributed by atoms with van der Waals surface area (Å²) in [6.45, 7) is 4.80. The van der Waals surface area contributed by atoms with Crippen LogP contribution in [-0.4, -0.2) is 59.0 Å². The van der Waals surface area contributed by atoms with Crippen LogP contribution in [0.5, 0.6) is 0 Å². The van der Waals surface area contributed by atoms with Crippen LogP contribution in [0.25, 0.3) is 0 Å². The topological polar surface area (TPSA) is 96.3 Å². The average molecular weight is 438 g/mol. The van der Waals surface area contributed by atoms with Gasteiger partial charge in [0.15, 0.2) is 0 Å². The molecule has 2 bridgehead atoms. The molecule has 2 aliphatic heterocycles. The van der Waals surface area contributed by atoms with Gasteiger partial charge in [0.25, 0.3) is 5.56 Å². The Morgan fingerprint density at radius 1 is 1.09 bits per heavy atom. The second-order valence-corrected chi connectivity index (χ2v) is 8.69. The van der Waals surface area contributed by atoms with Gasteiger partial charge in [-0.3, -0.25) is 24.3 Å². The fourth-order valence-electron chi connectivity index (χ4n) is 5.08. The smallest absolute Gasteiger partial charge is 0.251 e. The van der Waals surface area contributed by atoms with Gasteiger partial charge in [-0.05, 0) is 43.9 Å². The van der Waals surface area contributed by atoms with E-state index in [9.17, 15) is 14.4 Å². The second-order valence-electron chi connectivity index (χ2n) is 8.69. The number of likely N-dealkylation sites (N-methyl/N-ethyl adjacent to an activating group) is 1. The molecular weight excluding hydrogens is 406 g/mol. The third kappa shape index (κ3) is 5.07. The number of nitrogens with zero attached hydrogens (tertiary/aromatic N) is 3. The molecule has 32 heavy (non-hydrogen) atoms. The first-order valence-electron chi connectivity index (χ1n) is 11.4. The largest absolute Gasteiger partial charge is 0.355 e. The van der Waals surface area contributed by atoms with Crippen LogP contribution in [0.4, 0.5) is 0 Å². The van der Waals surface area contributed by atoms with Gasteiger partial charge in [-0.1, -0.05) is 12.1 Å². The molecule has 4 rings (SSSR count). The molecule has 170 valence electrons. The molecule has 3 atom stereocenters. The highest BCUT2D eigenvalue weighted by Gasteiger charge is 2.40. The Balaban J connectivity index is 1.45. The number of rotatable bonds is 8. The minimum absolute atomic E-state index is 0.0253. The minimum Gasteiger partial charge on any atom is -0.355 e. The van der Waals surface area contributed by atoms with Crippen LogP contribution in [-0.2, 0) is 16.0 Å². The van der Waals surface area contributed by atoms with Gasteiger partial charge in [-0.2, -0.15) is 0 Å². The lowest BCUT2D eigenvalue weighted by Gasteiger charge is -2.46. The van der Waals surface area contributed by atoms with Crippen molar-refractivity contribution in [2.24, 2.45) is 5.92 Å². The van der Waals surface area contributed by atoms with Gasteiger partial charge < -0.3 is 15.2 Å². The van der Waals surface area contributed by atoms with Gasteiger partial charge in [-0.15, -0.1) is 0 Å². The Morgan fingerprint density at radius 3 is 2.75 bits per heavy atom. The molecule has 0 unspecified atom stereocenters. The molecule has 0 aromatic carbocycles. The lowest BCUT2D eigenvalue weighted by Crippen LogP contribution is -2.53. The number of pyridine rings is 2. The van der Waals surface area contributed by atoms with E-state index < -0.39 is 0 Å². The highest BCUT2D eigenvalue weighted by molar-refractivity contribution is 5.78. The molecule has 0 saturated carbocycles. The first-order chi connectivity index (χ1) is 15.5. The molecule has 8 heteroatoms. The number of likely N-dealkylation sites (tertiary alicyclic amines) is 1. The summed E-state index contributed by atoms with van der Waals surface area (Å²) in [5.74, 6) is 0.399. The van der Waals surface area contributed by atoms with Gasteiger partial charge in [-0.25, -0.2) is 0 Å². The van der Waals surface area contributed by atoms with Crippen molar-refractivity contribution in [2.75, 3.05) is 32.7 Å². The zero-order valence-corrected chi connectivity index (χ0v) is 18.5. The Labute approximate surface area is 188 Å². The minimum atomic E-state index is -0.120. The molecule has 0 spiro atoms. The molecule has 1 fully saturated rings. The number of amides is 2. The zero-order chi connectivity index (χ0) is 22.5. The summed E-state index contributed by atoms with van der Waals surface area (Å²) >= 11 is 0. The summed E-state index contributed by atoms with van der Waals surface area (Å²) in [6, 6.07) is 11.0. The van der Waals surface area contributed by atoms with Crippen LogP contribution in [0, 0.1) is 5.92 Å². The van der Waals surface area contributed by atoms with Crippen LogP contribution in [0.1, 0.15) is 43.1 Å². The lowest BCUT2D eigenvalue weighted by molar-refractivity contribution is -0.122. The van der Waals surface area contributed by atoms with E-state index in [2.05, 4.69) is 20.5 Å². The van der Waals surface area contributed by atoms with Crippen LogP contribution in [0.3, 0.4) is 0 Å². The number of carbonyl (C=O) groups is 2. The Bertz CT molecular complexity index is 1010. The predicted molar refractivity (Wildman–Crippen MR) is 121 cm³/mol. The van der Waals surface area contributed by atoms with Crippen molar-refractivity contribution in [3.63, 3.8) is 0 Å². The molecule has 2 amide bonds. The summed E-state index contributed by atoms with van der Waals surface area (Å²) in [6.07, 6.45) is 3.63. The number of piperidine rings is 1. The van der Waals surface area contributed by atoms with E-state index in [0.29, 0.717) is 32.5 Å². The van der Waals surface area contributed by atoms with Crippen LogP contribution in [0.15, 0.2) is 47.4 Å². The van der Waals surface area contributed by atoms with Gasteiger partial charge >= 0.3 is 0 Å². The van der Waals surface area contributed by atoms with Crippen LogP contribution >= 0.6 is 0 Å². The molecule has 2 aromatic rings. The van der Waals surface area contributed by atoms with Crippen molar-refractivity contribution in [1.82, 2.24) is 25.1 Å². The highest BCUT2D eigenvalue weighted by Crippen LogP contribution is 2.40. The zero-order valence-electron chi connectivity index (χ0n) is 18.5.